The summed E-state index contributed by atoms with van der Waals surface area (Å²) in [4.78, 5) is 15.9. The van der Waals surface area contributed by atoms with Crippen molar-refractivity contribution < 1.29 is 4.79 Å². The molecule has 1 aliphatic rings. The minimum Gasteiger partial charge on any atom is -0.342 e. The largest absolute Gasteiger partial charge is 0.342 e. The Kier molecular flexibility index (Phi) is 5.65. The maximum atomic E-state index is 13.9. The average Bonchev–Trinajstić information content (AvgIpc) is 2.97. The summed E-state index contributed by atoms with van der Waals surface area (Å²) in [6, 6.07) is 16.9. The molecule has 1 unspecified atom stereocenters. The van der Waals surface area contributed by atoms with Crippen LogP contribution < -0.4 is 0 Å². The molecule has 0 heterocycles. The fourth-order valence-corrected chi connectivity index (χ4v) is 4.36. The van der Waals surface area contributed by atoms with Crippen LogP contribution in [0.4, 0.5) is 0 Å². The van der Waals surface area contributed by atoms with Crippen molar-refractivity contribution in [2.24, 2.45) is 0 Å². The van der Waals surface area contributed by atoms with E-state index in [-0.39, 0.29) is 5.91 Å². The smallest absolute Gasteiger partial charge is 0.237 e. The van der Waals surface area contributed by atoms with E-state index >= 15 is 0 Å². The van der Waals surface area contributed by atoms with E-state index in [2.05, 4.69) is 50.2 Å². The molecule has 27 heavy (non-hydrogen) atoms. The second-order valence-corrected chi connectivity index (χ2v) is 7.40. The molecule has 0 radical (unpaired) electrons. The molecule has 3 heteroatoms. The number of amides is 1. The van der Waals surface area contributed by atoms with Crippen LogP contribution in [0.25, 0.3) is 11.1 Å². The highest BCUT2D eigenvalue weighted by atomic mass is 16.2. The number of nitrogens with zero attached hydrogens (tertiary/aromatic N) is 2. The van der Waals surface area contributed by atoms with Crippen LogP contribution in [0.3, 0.4) is 0 Å². The number of rotatable bonds is 7. The highest BCUT2D eigenvalue weighted by Crippen LogP contribution is 2.52. The van der Waals surface area contributed by atoms with Crippen molar-refractivity contribution in [3.8, 4) is 17.2 Å². The van der Waals surface area contributed by atoms with Crippen molar-refractivity contribution in [1.82, 2.24) is 4.90 Å². The third kappa shape index (κ3) is 3.14. The van der Waals surface area contributed by atoms with E-state index in [9.17, 15) is 10.1 Å². The molecule has 0 spiro atoms. The number of aryl methyl sites for hydroxylation is 1. The molecule has 1 amide bonds. The summed E-state index contributed by atoms with van der Waals surface area (Å²) in [5.41, 5.74) is 4.83. The third-order valence-electron chi connectivity index (χ3n) is 5.74. The zero-order valence-electron chi connectivity index (χ0n) is 16.6. The Morgan fingerprint density at radius 2 is 1.85 bits per heavy atom. The van der Waals surface area contributed by atoms with Gasteiger partial charge in [-0.25, -0.2) is 0 Å². The average molecular weight is 361 g/mol. The van der Waals surface area contributed by atoms with Crippen LogP contribution in [0, 0.1) is 18.3 Å². The van der Waals surface area contributed by atoms with Gasteiger partial charge in [0.25, 0.3) is 0 Å². The molecule has 0 saturated heterocycles. The first kappa shape index (κ1) is 19.2. The Labute approximate surface area is 162 Å². The molecule has 2 aromatic carbocycles. The lowest BCUT2D eigenvalue weighted by Gasteiger charge is -2.35. The number of likely N-dealkylation sites (N-methyl/N-ethyl adjacent to an activating group) is 1. The molecule has 0 fully saturated rings. The first-order chi connectivity index (χ1) is 13.1. The summed E-state index contributed by atoms with van der Waals surface area (Å²) in [5.74, 6) is 0.142. The van der Waals surface area contributed by atoms with Crippen molar-refractivity contribution in [2.75, 3.05) is 13.1 Å². The number of nitriles is 1. The van der Waals surface area contributed by atoms with Crippen LogP contribution >= 0.6 is 0 Å². The lowest BCUT2D eigenvalue weighted by Crippen LogP contribution is -2.47. The number of carbonyl (C=O) groups is 1. The van der Waals surface area contributed by atoms with Gasteiger partial charge in [-0.1, -0.05) is 61.4 Å². The molecule has 2 aromatic rings. The molecule has 0 saturated carbocycles. The maximum Gasteiger partial charge on any atom is 0.237 e. The molecule has 140 valence electrons. The second-order valence-electron chi connectivity index (χ2n) is 7.40. The van der Waals surface area contributed by atoms with Gasteiger partial charge in [0.05, 0.1) is 6.07 Å². The van der Waals surface area contributed by atoms with Crippen molar-refractivity contribution in [3.63, 3.8) is 0 Å². The van der Waals surface area contributed by atoms with Crippen molar-refractivity contribution in [1.29, 1.82) is 5.26 Å². The SMILES string of the molecule is CCCCN(CC)C(=O)C1(CCC#N)c2ccccc2-c2cc(C)ccc21. The molecule has 1 atom stereocenters. The Bertz CT molecular complexity index is 880. The molecule has 0 aromatic heterocycles. The minimum absolute atomic E-state index is 0.142. The zero-order valence-corrected chi connectivity index (χ0v) is 16.6. The van der Waals surface area contributed by atoms with E-state index < -0.39 is 5.41 Å². The van der Waals surface area contributed by atoms with Crippen molar-refractivity contribution in [3.05, 3.63) is 59.2 Å². The molecule has 0 bridgehead atoms. The van der Waals surface area contributed by atoms with Gasteiger partial charge in [0, 0.05) is 19.5 Å². The summed E-state index contributed by atoms with van der Waals surface area (Å²) in [6.45, 7) is 7.73. The Morgan fingerprint density at radius 3 is 2.56 bits per heavy atom. The molecule has 1 aliphatic carbocycles. The molecular weight excluding hydrogens is 332 g/mol. The minimum atomic E-state index is -0.751. The van der Waals surface area contributed by atoms with Crippen LogP contribution in [0.15, 0.2) is 42.5 Å². The fourth-order valence-electron chi connectivity index (χ4n) is 4.36. The highest BCUT2D eigenvalue weighted by Gasteiger charge is 2.50. The maximum absolute atomic E-state index is 13.9. The van der Waals surface area contributed by atoms with E-state index in [1.165, 1.54) is 5.56 Å². The van der Waals surface area contributed by atoms with E-state index in [1.54, 1.807) is 0 Å². The van der Waals surface area contributed by atoms with Gasteiger partial charge in [-0.15, -0.1) is 0 Å². The van der Waals surface area contributed by atoms with E-state index in [4.69, 9.17) is 0 Å². The zero-order chi connectivity index (χ0) is 19.4. The van der Waals surface area contributed by atoms with Crippen LogP contribution in [0.1, 0.15) is 56.2 Å². The topological polar surface area (TPSA) is 44.1 Å². The summed E-state index contributed by atoms with van der Waals surface area (Å²) in [7, 11) is 0. The van der Waals surface area contributed by atoms with Gasteiger partial charge < -0.3 is 4.90 Å². The van der Waals surface area contributed by atoms with Gasteiger partial charge in [-0.05, 0) is 48.9 Å². The van der Waals surface area contributed by atoms with Crippen molar-refractivity contribution in [2.45, 2.75) is 51.9 Å². The van der Waals surface area contributed by atoms with Crippen LogP contribution in [-0.4, -0.2) is 23.9 Å². The molecule has 0 N–H and O–H groups in total. The Balaban J connectivity index is 2.22. The molecular formula is C24H28N2O. The predicted molar refractivity (Wildman–Crippen MR) is 109 cm³/mol. The number of unbranched alkanes of at least 4 members (excludes halogenated alkanes) is 1. The number of fused-ring (bicyclic) bond motifs is 3. The monoisotopic (exact) mass is 360 g/mol. The summed E-state index contributed by atoms with van der Waals surface area (Å²) in [6.07, 6.45) is 2.94. The summed E-state index contributed by atoms with van der Waals surface area (Å²) < 4.78 is 0. The third-order valence-corrected chi connectivity index (χ3v) is 5.74. The van der Waals surface area contributed by atoms with E-state index in [1.807, 2.05) is 24.0 Å². The molecule has 3 rings (SSSR count). The van der Waals surface area contributed by atoms with Crippen molar-refractivity contribution >= 4 is 5.91 Å². The van der Waals surface area contributed by atoms with Crippen LogP contribution in [0.2, 0.25) is 0 Å². The summed E-state index contributed by atoms with van der Waals surface area (Å²) >= 11 is 0. The first-order valence-corrected chi connectivity index (χ1v) is 9.97. The summed E-state index contributed by atoms with van der Waals surface area (Å²) in [5, 5.41) is 9.33. The standard InChI is InChI=1S/C24H28N2O/c1-4-6-16-26(5-2)23(27)24(14-9-15-25)21-11-8-7-10-19(21)20-17-18(3)12-13-22(20)24/h7-8,10-13,17H,4-6,9,14,16H2,1-3H3. The highest BCUT2D eigenvalue weighted by molar-refractivity contribution is 6.00. The number of carbonyl (C=O) groups excluding carboxylic acids is 1. The normalized spacial score (nSPS) is 17.1. The quantitative estimate of drug-likeness (QED) is 0.680. The number of hydrogen-bond acceptors (Lipinski definition) is 2. The number of hydrogen-bond donors (Lipinski definition) is 0. The number of benzene rings is 2. The van der Waals surface area contributed by atoms with E-state index in [0.717, 1.165) is 41.6 Å². The van der Waals surface area contributed by atoms with Gasteiger partial charge in [0.1, 0.15) is 5.41 Å². The van der Waals surface area contributed by atoms with Gasteiger partial charge in [0.15, 0.2) is 0 Å². The van der Waals surface area contributed by atoms with Crippen LogP contribution in [-0.2, 0) is 10.2 Å². The lowest BCUT2D eigenvalue weighted by atomic mass is 9.73. The fraction of sp³-hybridized carbons (Fsp3) is 0.417. The predicted octanol–water partition coefficient (Wildman–Crippen LogP) is 5.21. The van der Waals surface area contributed by atoms with Gasteiger partial charge in [-0.2, -0.15) is 5.26 Å². The van der Waals surface area contributed by atoms with E-state index in [0.29, 0.717) is 19.4 Å². The van der Waals surface area contributed by atoms with Crippen LogP contribution in [0.5, 0.6) is 0 Å². The van der Waals surface area contributed by atoms with Gasteiger partial charge in [0.2, 0.25) is 5.91 Å². The Morgan fingerprint density at radius 1 is 1.11 bits per heavy atom. The van der Waals surface area contributed by atoms with Gasteiger partial charge in [-0.3, -0.25) is 4.79 Å². The second kappa shape index (κ2) is 7.96. The molecule has 3 nitrogen and oxygen atoms in total. The molecule has 0 aliphatic heterocycles. The lowest BCUT2D eigenvalue weighted by molar-refractivity contribution is -0.136. The Hall–Kier alpha value is -2.60. The van der Waals surface area contributed by atoms with Gasteiger partial charge >= 0.3 is 0 Å². The first-order valence-electron chi connectivity index (χ1n) is 9.97.